The molecule has 2 N–H and O–H groups in total. The summed E-state index contributed by atoms with van der Waals surface area (Å²) in [5.41, 5.74) is 0.376. The minimum absolute atomic E-state index is 0.118. The van der Waals surface area contributed by atoms with Gasteiger partial charge in [-0.15, -0.1) is 0 Å². The molecule has 1 aromatic rings. The van der Waals surface area contributed by atoms with Gasteiger partial charge in [0.15, 0.2) is 0 Å². The second kappa shape index (κ2) is 9.88. The lowest BCUT2D eigenvalue weighted by Crippen LogP contribution is -2.27. The van der Waals surface area contributed by atoms with Crippen LogP contribution in [0.1, 0.15) is 40.5 Å². The summed E-state index contributed by atoms with van der Waals surface area (Å²) in [4.78, 5) is 23.9. The summed E-state index contributed by atoms with van der Waals surface area (Å²) in [6.45, 7) is 8.45. The van der Waals surface area contributed by atoms with Crippen molar-refractivity contribution in [2.45, 2.75) is 46.1 Å². The van der Waals surface area contributed by atoms with E-state index < -0.39 is 11.7 Å². The molecule has 0 aliphatic heterocycles. The Bertz CT molecular complexity index is 581. The third-order valence-corrected chi connectivity index (χ3v) is 3.02. The van der Waals surface area contributed by atoms with E-state index in [0.717, 1.165) is 0 Å². The van der Waals surface area contributed by atoms with Crippen LogP contribution in [0.25, 0.3) is 0 Å². The summed E-state index contributed by atoms with van der Waals surface area (Å²) in [5, 5.41) is 5.42. The van der Waals surface area contributed by atoms with Crippen molar-refractivity contribution in [1.82, 2.24) is 0 Å². The Morgan fingerprint density at radius 3 is 2.48 bits per heavy atom. The number of hydrogen-bond donors (Lipinski definition) is 2. The highest BCUT2D eigenvalue weighted by atomic mass is 16.6. The van der Waals surface area contributed by atoms with Crippen LogP contribution in [0, 0.1) is 0 Å². The molecule has 0 aromatic heterocycles. The topological polar surface area (TPSA) is 85.9 Å². The molecule has 1 aromatic carbocycles. The standard InChI is InChI=1S/C18H28N2O5/c1-6-24-11-7-8-16(21)19-13-9-10-15(23-5)14(12-13)20-17(22)25-18(2,3)4/h9-10,12H,6-8,11H2,1-5H3,(H,19,21)(H,20,22). The molecule has 0 fully saturated rings. The van der Waals surface area contributed by atoms with Gasteiger partial charge in [-0.2, -0.15) is 0 Å². The zero-order chi connectivity index (χ0) is 18.9. The number of benzene rings is 1. The molecule has 1 rings (SSSR count). The van der Waals surface area contributed by atoms with Crippen molar-refractivity contribution in [2.75, 3.05) is 31.0 Å². The maximum absolute atomic E-state index is 11.9. The zero-order valence-corrected chi connectivity index (χ0v) is 15.6. The summed E-state index contributed by atoms with van der Waals surface area (Å²) in [7, 11) is 1.50. The lowest BCUT2D eigenvalue weighted by Gasteiger charge is -2.20. The fourth-order valence-corrected chi connectivity index (χ4v) is 2.00. The van der Waals surface area contributed by atoms with Crippen molar-refractivity contribution in [2.24, 2.45) is 0 Å². The molecule has 7 nitrogen and oxygen atoms in total. The van der Waals surface area contributed by atoms with Crippen molar-refractivity contribution in [3.05, 3.63) is 18.2 Å². The molecular formula is C18H28N2O5. The van der Waals surface area contributed by atoms with Crippen LogP contribution in [-0.2, 0) is 14.3 Å². The molecule has 140 valence electrons. The van der Waals surface area contributed by atoms with Crippen molar-refractivity contribution >= 4 is 23.4 Å². The number of anilines is 2. The fraction of sp³-hybridized carbons (Fsp3) is 0.556. The van der Waals surface area contributed by atoms with Gasteiger partial charge in [0.1, 0.15) is 11.4 Å². The Balaban J connectivity index is 2.71. The number of hydrogen-bond acceptors (Lipinski definition) is 5. The van der Waals surface area contributed by atoms with Gasteiger partial charge in [-0.3, -0.25) is 10.1 Å². The molecule has 0 aliphatic carbocycles. The predicted molar refractivity (Wildman–Crippen MR) is 97.2 cm³/mol. The quantitative estimate of drug-likeness (QED) is 0.695. The lowest BCUT2D eigenvalue weighted by atomic mass is 10.2. The van der Waals surface area contributed by atoms with E-state index in [1.807, 2.05) is 6.92 Å². The van der Waals surface area contributed by atoms with Gasteiger partial charge in [0.25, 0.3) is 0 Å². The van der Waals surface area contributed by atoms with E-state index >= 15 is 0 Å². The first-order valence-corrected chi connectivity index (χ1v) is 8.30. The number of carbonyl (C=O) groups excluding carboxylic acids is 2. The SMILES string of the molecule is CCOCCCC(=O)Nc1ccc(OC)c(NC(=O)OC(C)(C)C)c1. The van der Waals surface area contributed by atoms with Gasteiger partial charge in [-0.1, -0.05) is 0 Å². The number of carbonyl (C=O) groups is 2. The normalized spacial score (nSPS) is 10.9. The Morgan fingerprint density at radius 1 is 1.16 bits per heavy atom. The second-order valence-electron chi connectivity index (χ2n) is 6.39. The van der Waals surface area contributed by atoms with Gasteiger partial charge in [0.2, 0.25) is 5.91 Å². The molecule has 0 radical (unpaired) electrons. The molecule has 0 spiro atoms. The molecular weight excluding hydrogens is 324 g/mol. The van der Waals surface area contributed by atoms with Gasteiger partial charge < -0.3 is 19.5 Å². The fourth-order valence-electron chi connectivity index (χ4n) is 2.00. The van der Waals surface area contributed by atoms with Crippen LogP contribution in [0.2, 0.25) is 0 Å². The minimum atomic E-state index is -0.607. The van der Waals surface area contributed by atoms with Gasteiger partial charge in [0, 0.05) is 25.3 Å². The first-order valence-electron chi connectivity index (χ1n) is 8.30. The summed E-state index contributed by atoms with van der Waals surface area (Å²) >= 11 is 0. The number of ether oxygens (including phenoxy) is 3. The van der Waals surface area contributed by atoms with Gasteiger partial charge in [0.05, 0.1) is 12.8 Å². The largest absolute Gasteiger partial charge is 0.495 e. The van der Waals surface area contributed by atoms with Crippen LogP contribution in [0.3, 0.4) is 0 Å². The predicted octanol–water partition coefficient (Wildman–Crippen LogP) is 3.80. The molecule has 7 heteroatoms. The lowest BCUT2D eigenvalue weighted by molar-refractivity contribution is -0.116. The van der Waals surface area contributed by atoms with Crippen LogP contribution in [0.5, 0.6) is 5.75 Å². The number of rotatable bonds is 8. The van der Waals surface area contributed by atoms with Gasteiger partial charge in [-0.25, -0.2) is 4.79 Å². The van der Waals surface area contributed by atoms with E-state index in [1.165, 1.54) is 7.11 Å². The molecule has 0 heterocycles. The molecule has 0 saturated carbocycles. The van der Waals surface area contributed by atoms with Crippen LogP contribution in [0.15, 0.2) is 18.2 Å². The Morgan fingerprint density at radius 2 is 1.88 bits per heavy atom. The van der Waals surface area contributed by atoms with Crippen molar-refractivity contribution in [1.29, 1.82) is 0 Å². The summed E-state index contributed by atoms with van der Waals surface area (Å²) in [6.07, 6.45) is 0.422. The van der Waals surface area contributed by atoms with Crippen LogP contribution >= 0.6 is 0 Å². The van der Waals surface area contributed by atoms with Gasteiger partial charge in [-0.05, 0) is 52.3 Å². The summed E-state index contributed by atoms with van der Waals surface area (Å²) in [6, 6.07) is 5.01. The molecule has 0 saturated heterocycles. The highest BCUT2D eigenvalue weighted by Gasteiger charge is 2.18. The van der Waals surface area contributed by atoms with E-state index in [4.69, 9.17) is 14.2 Å². The first kappa shape index (κ1) is 20.8. The molecule has 2 amide bonds. The average Bonchev–Trinajstić information content (AvgIpc) is 2.50. The molecule has 0 aliphatic rings. The summed E-state index contributed by atoms with van der Waals surface area (Å²) < 4.78 is 15.7. The van der Waals surface area contributed by atoms with E-state index in [9.17, 15) is 9.59 Å². The van der Waals surface area contributed by atoms with Crippen LogP contribution < -0.4 is 15.4 Å². The smallest absolute Gasteiger partial charge is 0.412 e. The van der Waals surface area contributed by atoms with Crippen molar-refractivity contribution < 1.29 is 23.8 Å². The van der Waals surface area contributed by atoms with E-state index in [2.05, 4.69) is 10.6 Å². The van der Waals surface area contributed by atoms with E-state index in [1.54, 1.807) is 39.0 Å². The second-order valence-corrected chi connectivity index (χ2v) is 6.39. The maximum atomic E-state index is 11.9. The first-order chi connectivity index (χ1) is 11.7. The van der Waals surface area contributed by atoms with Crippen molar-refractivity contribution in [3.63, 3.8) is 0 Å². The summed E-state index contributed by atoms with van der Waals surface area (Å²) in [5.74, 6) is 0.355. The van der Waals surface area contributed by atoms with E-state index in [0.29, 0.717) is 43.2 Å². The van der Waals surface area contributed by atoms with Crippen LogP contribution in [0.4, 0.5) is 16.2 Å². The number of nitrogens with one attached hydrogen (secondary N) is 2. The number of amides is 2. The molecule has 0 bridgehead atoms. The van der Waals surface area contributed by atoms with Crippen LogP contribution in [-0.4, -0.2) is 37.9 Å². The molecule has 0 unspecified atom stereocenters. The Kier molecular flexibility index (Phi) is 8.21. The molecule has 25 heavy (non-hydrogen) atoms. The average molecular weight is 352 g/mol. The minimum Gasteiger partial charge on any atom is -0.495 e. The zero-order valence-electron chi connectivity index (χ0n) is 15.6. The third kappa shape index (κ3) is 8.39. The monoisotopic (exact) mass is 352 g/mol. The van der Waals surface area contributed by atoms with Crippen molar-refractivity contribution in [3.8, 4) is 5.75 Å². The molecule has 0 atom stereocenters. The maximum Gasteiger partial charge on any atom is 0.412 e. The highest BCUT2D eigenvalue weighted by molar-refractivity contribution is 5.93. The Labute approximate surface area is 149 Å². The third-order valence-electron chi connectivity index (χ3n) is 3.02. The van der Waals surface area contributed by atoms with Gasteiger partial charge >= 0.3 is 6.09 Å². The Hall–Kier alpha value is -2.28. The highest BCUT2D eigenvalue weighted by Crippen LogP contribution is 2.28. The van der Waals surface area contributed by atoms with E-state index in [-0.39, 0.29) is 5.91 Å². The number of methoxy groups -OCH3 is 1.